The fourth-order valence-corrected chi connectivity index (χ4v) is 3.39. The fraction of sp³-hybridized carbons (Fsp3) is 0.688. The number of nitrogens with zero attached hydrogens (tertiary/aromatic N) is 1. The molecule has 1 aromatic heterocycles. The first-order valence-corrected chi connectivity index (χ1v) is 7.46. The number of methoxy groups -OCH3 is 1. The van der Waals surface area contributed by atoms with Gasteiger partial charge in [0, 0.05) is 17.8 Å². The van der Waals surface area contributed by atoms with Crippen LogP contribution in [0.15, 0.2) is 18.3 Å². The number of aromatic nitrogens is 1. The Morgan fingerprint density at radius 1 is 1.37 bits per heavy atom. The lowest BCUT2D eigenvalue weighted by molar-refractivity contribution is 0.221. The minimum absolute atomic E-state index is 0.362. The van der Waals surface area contributed by atoms with Crippen LogP contribution in [-0.2, 0) is 0 Å². The molecule has 1 fully saturated rings. The molecule has 0 amide bonds. The van der Waals surface area contributed by atoms with E-state index in [1.165, 1.54) is 37.7 Å². The van der Waals surface area contributed by atoms with Crippen molar-refractivity contribution in [2.24, 2.45) is 11.8 Å². The van der Waals surface area contributed by atoms with E-state index in [1.807, 2.05) is 13.1 Å². The molecule has 0 radical (unpaired) electrons. The summed E-state index contributed by atoms with van der Waals surface area (Å²) >= 11 is 0. The van der Waals surface area contributed by atoms with E-state index < -0.39 is 0 Å². The number of hydrogen-bond acceptors (Lipinski definition) is 3. The van der Waals surface area contributed by atoms with E-state index in [1.54, 1.807) is 13.3 Å². The molecule has 0 aliphatic heterocycles. The van der Waals surface area contributed by atoms with Crippen LogP contribution in [0.25, 0.3) is 0 Å². The molecule has 3 heteroatoms. The van der Waals surface area contributed by atoms with Gasteiger partial charge in [0.05, 0.1) is 7.11 Å². The summed E-state index contributed by atoms with van der Waals surface area (Å²) in [6, 6.07) is 4.50. The Bertz CT molecular complexity index is 386. The second-order valence-corrected chi connectivity index (χ2v) is 5.56. The molecule has 1 aliphatic carbocycles. The van der Waals surface area contributed by atoms with Crippen LogP contribution in [0, 0.1) is 11.8 Å². The summed E-state index contributed by atoms with van der Waals surface area (Å²) in [5, 5.41) is 3.48. The van der Waals surface area contributed by atoms with Crippen LogP contribution in [0.3, 0.4) is 0 Å². The largest absolute Gasteiger partial charge is 0.481 e. The van der Waals surface area contributed by atoms with Gasteiger partial charge < -0.3 is 10.1 Å². The first kappa shape index (κ1) is 14.3. The number of ether oxygens (including phenoxy) is 1. The molecule has 1 heterocycles. The van der Waals surface area contributed by atoms with Crippen molar-refractivity contribution < 1.29 is 4.74 Å². The monoisotopic (exact) mass is 262 g/mol. The second kappa shape index (κ2) is 6.90. The Labute approximate surface area is 116 Å². The van der Waals surface area contributed by atoms with Gasteiger partial charge in [-0.05, 0) is 37.8 Å². The maximum Gasteiger partial charge on any atom is 0.217 e. The van der Waals surface area contributed by atoms with E-state index in [-0.39, 0.29) is 0 Å². The van der Waals surface area contributed by atoms with Gasteiger partial charge in [-0.15, -0.1) is 0 Å². The molecule has 1 unspecified atom stereocenters. The summed E-state index contributed by atoms with van der Waals surface area (Å²) in [6.45, 7) is 2.31. The Kier molecular flexibility index (Phi) is 5.20. The first-order chi connectivity index (χ1) is 9.30. The van der Waals surface area contributed by atoms with Crippen molar-refractivity contribution in [2.75, 3.05) is 14.2 Å². The number of pyridine rings is 1. The smallest absolute Gasteiger partial charge is 0.217 e. The van der Waals surface area contributed by atoms with E-state index in [9.17, 15) is 0 Å². The van der Waals surface area contributed by atoms with Gasteiger partial charge in [0.15, 0.2) is 0 Å². The highest BCUT2D eigenvalue weighted by Crippen LogP contribution is 2.39. The predicted molar refractivity (Wildman–Crippen MR) is 78.3 cm³/mol. The Morgan fingerprint density at radius 2 is 2.11 bits per heavy atom. The molecule has 0 saturated heterocycles. The van der Waals surface area contributed by atoms with Crippen LogP contribution in [0.5, 0.6) is 5.88 Å². The highest BCUT2D eigenvalue weighted by atomic mass is 16.5. The van der Waals surface area contributed by atoms with E-state index in [2.05, 4.69) is 23.3 Å². The van der Waals surface area contributed by atoms with Gasteiger partial charge in [0.2, 0.25) is 5.88 Å². The SMILES string of the molecule is CCC1CCC(C(NC)c2cccnc2OC)CC1. The summed E-state index contributed by atoms with van der Waals surface area (Å²) in [5.74, 6) is 2.40. The predicted octanol–water partition coefficient (Wildman–Crippen LogP) is 3.57. The molecular formula is C16H26N2O. The zero-order valence-corrected chi connectivity index (χ0v) is 12.4. The quantitative estimate of drug-likeness (QED) is 0.881. The van der Waals surface area contributed by atoms with Crippen molar-refractivity contribution in [2.45, 2.75) is 45.1 Å². The molecular weight excluding hydrogens is 236 g/mol. The van der Waals surface area contributed by atoms with Gasteiger partial charge in [0.25, 0.3) is 0 Å². The van der Waals surface area contributed by atoms with E-state index in [4.69, 9.17) is 4.74 Å². The van der Waals surface area contributed by atoms with E-state index in [0.29, 0.717) is 12.0 Å². The number of hydrogen-bond donors (Lipinski definition) is 1. The molecule has 1 N–H and O–H groups in total. The molecule has 3 nitrogen and oxygen atoms in total. The summed E-state index contributed by atoms with van der Waals surface area (Å²) in [6.07, 6.45) is 8.46. The van der Waals surface area contributed by atoms with Crippen molar-refractivity contribution in [1.82, 2.24) is 10.3 Å². The average Bonchev–Trinajstić information content (AvgIpc) is 2.49. The molecule has 1 aromatic rings. The Balaban J connectivity index is 2.12. The summed E-state index contributed by atoms with van der Waals surface area (Å²) in [7, 11) is 3.75. The molecule has 106 valence electrons. The zero-order valence-electron chi connectivity index (χ0n) is 12.4. The summed E-state index contributed by atoms with van der Waals surface area (Å²) in [4.78, 5) is 4.33. The highest BCUT2D eigenvalue weighted by molar-refractivity contribution is 5.29. The summed E-state index contributed by atoms with van der Waals surface area (Å²) < 4.78 is 5.41. The maximum atomic E-state index is 5.41. The molecule has 0 bridgehead atoms. The molecule has 1 atom stereocenters. The third-order valence-electron chi connectivity index (χ3n) is 4.58. The lowest BCUT2D eigenvalue weighted by atomic mass is 9.76. The fourth-order valence-electron chi connectivity index (χ4n) is 3.39. The van der Waals surface area contributed by atoms with Crippen molar-refractivity contribution >= 4 is 0 Å². The lowest BCUT2D eigenvalue weighted by Gasteiger charge is -2.34. The second-order valence-electron chi connectivity index (χ2n) is 5.56. The Morgan fingerprint density at radius 3 is 2.68 bits per heavy atom. The van der Waals surface area contributed by atoms with Gasteiger partial charge >= 0.3 is 0 Å². The van der Waals surface area contributed by atoms with Crippen molar-refractivity contribution in [3.05, 3.63) is 23.9 Å². The van der Waals surface area contributed by atoms with Gasteiger partial charge in [-0.25, -0.2) is 4.98 Å². The van der Waals surface area contributed by atoms with Crippen molar-refractivity contribution in [3.8, 4) is 5.88 Å². The van der Waals surface area contributed by atoms with E-state index in [0.717, 1.165) is 11.8 Å². The van der Waals surface area contributed by atoms with Crippen LogP contribution in [0.2, 0.25) is 0 Å². The third-order valence-corrected chi connectivity index (χ3v) is 4.58. The maximum absolute atomic E-state index is 5.41. The third kappa shape index (κ3) is 3.27. The summed E-state index contributed by atoms with van der Waals surface area (Å²) in [5.41, 5.74) is 1.20. The zero-order chi connectivity index (χ0) is 13.7. The minimum Gasteiger partial charge on any atom is -0.481 e. The molecule has 2 rings (SSSR count). The van der Waals surface area contributed by atoms with E-state index >= 15 is 0 Å². The van der Waals surface area contributed by atoms with Crippen LogP contribution in [-0.4, -0.2) is 19.1 Å². The van der Waals surface area contributed by atoms with Crippen LogP contribution < -0.4 is 10.1 Å². The molecule has 0 spiro atoms. The number of rotatable bonds is 5. The van der Waals surface area contributed by atoms with Crippen molar-refractivity contribution in [3.63, 3.8) is 0 Å². The Hall–Kier alpha value is -1.09. The molecule has 1 saturated carbocycles. The van der Waals surface area contributed by atoms with Gasteiger partial charge in [-0.1, -0.05) is 32.3 Å². The lowest BCUT2D eigenvalue weighted by Crippen LogP contribution is -2.29. The van der Waals surface area contributed by atoms with Crippen LogP contribution in [0.4, 0.5) is 0 Å². The van der Waals surface area contributed by atoms with Gasteiger partial charge in [-0.3, -0.25) is 0 Å². The first-order valence-electron chi connectivity index (χ1n) is 7.46. The highest BCUT2D eigenvalue weighted by Gasteiger charge is 2.29. The minimum atomic E-state index is 0.362. The van der Waals surface area contributed by atoms with Crippen LogP contribution in [0.1, 0.15) is 50.6 Å². The average molecular weight is 262 g/mol. The molecule has 0 aromatic carbocycles. The molecule has 19 heavy (non-hydrogen) atoms. The van der Waals surface area contributed by atoms with Gasteiger partial charge in [0.1, 0.15) is 0 Å². The standard InChI is InChI=1S/C16H26N2O/c1-4-12-7-9-13(10-8-12)15(17-2)14-6-5-11-18-16(14)19-3/h5-6,11-13,15,17H,4,7-10H2,1-3H3. The van der Waals surface area contributed by atoms with Crippen molar-refractivity contribution in [1.29, 1.82) is 0 Å². The molecule has 1 aliphatic rings. The topological polar surface area (TPSA) is 34.2 Å². The van der Waals surface area contributed by atoms with Gasteiger partial charge in [-0.2, -0.15) is 0 Å². The normalized spacial score (nSPS) is 25.0. The van der Waals surface area contributed by atoms with Crippen LogP contribution >= 0.6 is 0 Å². The number of nitrogens with one attached hydrogen (secondary N) is 1.